The number of ether oxygens (including phenoxy) is 2. The molecule has 0 unspecified atom stereocenters. The van der Waals surface area contributed by atoms with Crippen molar-refractivity contribution in [1.82, 2.24) is 0 Å². The molecular formula is C40H48N2O8S2. The number of rotatable bonds is 11. The number of hydrogen-bond acceptors (Lipinski definition) is 8. The van der Waals surface area contributed by atoms with Gasteiger partial charge in [-0.25, -0.2) is 26.0 Å². The number of nitrogens with zero attached hydrogens (tertiary/aromatic N) is 2. The molecule has 6 rings (SSSR count). The van der Waals surface area contributed by atoms with Crippen LogP contribution < -0.4 is 0 Å². The molecule has 0 amide bonds. The van der Waals surface area contributed by atoms with Gasteiger partial charge in [0.2, 0.25) is 0 Å². The summed E-state index contributed by atoms with van der Waals surface area (Å²) in [7, 11) is -4.17. The second-order valence-electron chi connectivity index (χ2n) is 12.8. The normalized spacial score (nSPS) is 14.0. The molecule has 52 heavy (non-hydrogen) atoms. The molecule has 12 heteroatoms. The van der Waals surface area contributed by atoms with Gasteiger partial charge in [-0.15, -0.1) is 0 Å². The van der Waals surface area contributed by atoms with Gasteiger partial charge in [-0.3, -0.25) is 0 Å². The monoisotopic (exact) mass is 748 g/mol. The maximum absolute atomic E-state index is 10.4. The van der Waals surface area contributed by atoms with E-state index in [0.717, 1.165) is 63.1 Å². The van der Waals surface area contributed by atoms with Crippen molar-refractivity contribution in [2.75, 3.05) is 53.6 Å². The minimum Gasteiger partial charge on any atom is -0.744 e. The first kappa shape index (κ1) is 40.7. The Hall–Kier alpha value is -4.04. The predicted octanol–water partition coefficient (Wildman–Crippen LogP) is 4.97. The second kappa shape index (κ2) is 19.2. The van der Waals surface area contributed by atoms with Crippen LogP contribution in [-0.4, -0.2) is 100 Å². The molecule has 0 atom stereocenters. The zero-order chi connectivity index (χ0) is 37.7. The van der Waals surface area contributed by atoms with Crippen molar-refractivity contribution in [3.05, 3.63) is 130 Å². The summed E-state index contributed by atoms with van der Waals surface area (Å²) in [5, 5.41) is 0. The molecule has 0 aliphatic carbocycles. The van der Waals surface area contributed by atoms with E-state index in [-0.39, 0.29) is 9.79 Å². The van der Waals surface area contributed by atoms with Gasteiger partial charge in [0.05, 0.1) is 49.1 Å². The summed E-state index contributed by atoms with van der Waals surface area (Å²) >= 11 is 0. The highest BCUT2D eigenvalue weighted by Crippen LogP contribution is 2.18. The Morgan fingerprint density at radius 3 is 1.23 bits per heavy atom. The molecule has 278 valence electrons. The molecule has 4 aromatic rings. The Morgan fingerprint density at radius 2 is 0.885 bits per heavy atom. The fraction of sp³-hybridized carbons (Fsp3) is 0.350. The Bertz CT molecular complexity index is 1920. The highest BCUT2D eigenvalue weighted by atomic mass is 32.2. The lowest BCUT2D eigenvalue weighted by Gasteiger charge is -2.17. The predicted molar refractivity (Wildman–Crippen MR) is 200 cm³/mol. The maximum atomic E-state index is 10.4. The lowest BCUT2D eigenvalue weighted by molar-refractivity contribution is -0.499. The van der Waals surface area contributed by atoms with Gasteiger partial charge in [0.1, 0.15) is 47.4 Å². The first-order chi connectivity index (χ1) is 24.7. The van der Waals surface area contributed by atoms with Crippen molar-refractivity contribution in [3.63, 3.8) is 0 Å². The van der Waals surface area contributed by atoms with Crippen molar-refractivity contribution in [2.45, 2.75) is 49.3 Å². The van der Waals surface area contributed by atoms with E-state index in [1.54, 1.807) is 24.3 Å². The Labute approximate surface area is 308 Å². The fourth-order valence-corrected chi connectivity index (χ4v) is 6.96. The molecule has 2 aliphatic heterocycles. The van der Waals surface area contributed by atoms with Gasteiger partial charge in [0.25, 0.3) is 0 Å². The molecule has 0 spiro atoms. The summed E-state index contributed by atoms with van der Waals surface area (Å²) < 4.78 is 78.8. The van der Waals surface area contributed by atoms with E-state index in [1.165, 1.54) is 57.9 Å². The van der Waals surface area contributed by atoms with Gasteiger partial charge in [-0.05, 0) is 61.4 Å². The number of likely N-dealkylation sites (N-methyl/N-ethyl adjacent to an activating group) is 2. The van der Waals surface area contributed by atoms with Gasteiger partial charge in [0.15, 0.2) is 11.4 Å². The number of hydrogen-bond donors (Lipinski definition) is 0. The summed E-state index contributed by atoms with van der Waals surface area (Å²) in [6, 6.07) is 29.1. The molecule has 0 radical (unpaired) electrons. The Morgan fingerprint density at radius 1 is 0.538 bits per heavy atom. The highest BCUT2D eigenvalue weighted by Gasteiger charge is 2.23. The Balaban J connectivity index is 0.000000224. The summed E-state index contributed by atoms with van der Waals surface area (Å²) in [5.74, 6) is 0. The molecular weight excluding hydrogens is 701 g/mol. The molecule has 0 fully saturated rings. The largest absolute Gasteiger partial charge is 0.744 e. The summed E-state index contributed by atoms with van der Waals surface area (Å²) in [4.78, 5) is -0.355. The first-order valence-electron chi connectivity index (χ1n) is 17.2. The van der Waals surface area contributed by atoms with E-state index in [0.29, 0.717) is 13.2 Å². The van der Waals surface area contributed by atoms with E-state index < -0.39 is 20.2 Å². The number of fused-ring (bicyclic) bond motifs is 2. The van der Waals surface area contributed by atoms with Gasteiger partial charge in [0, 0.05) is 24.0 Å². The molecule has 0 bridgehead atoms. The zero-order valence-corrected chi connectivity index (χ0v) is 31.9. The average molecular weight is 749 g/mol. The molecule has 0 N–H and O–H groups in total. The van der Waals surface area contributed by atoms with Crippen LogP contribution in [0.3, 0.4) is 0 Å². The molecule has 0 aromatic heterocycles. The first-order valence-corrected chi connectivity index (χ1v) is 20.1. The number of aryl methyl sites for hydroxylation is 2. The summed E-state index contributed by atoms with van der Waals surface area (Å²) in [5.41, 5.74) is 10.3. The van der Waals surface area contributed by atoms with Crippen LogP contribution >= 0.6 is 0 Å². The van der Waals surface area contributed by atoms with Crippen molar-refractivity contribution in [3.8, 4) is 0 Å². The smallest absolute Gasteiger partial charge is 0.185 e. The molecule has 2 aliphatic rings. The van der Waals surface area contributed by atoms with Crippen LogP contribution in [0.5, 0.6) is 0 Å². The lowest BCUT2D eigenvalue weighted by atomic mass is 9.95. The van der Waals surface area contributed by atoms with Gasteiger partial charge in [-0.2, -0.15) is 0 Å². The maximum Gasteiger partial charge on any atom is 0.185 e. The van der Waals surface area contributed by atoms with Crippen LogP contribution in [0.15, 0.2) is 107 Å². The Kier molecular flexibility index (Phi) is 15.0. The van der Waals surface area contributed by atoms with Crippen molar-refractivity contribution >= 4 is 31.7 Å². The SMILES string of the molecule is C[N+]1=C(CCOCCOCCC2=[N+](C)CCc3ccccc32)c2ccccc2CC1.Cc1ccc(S(=O)(=O)[O-])cc1.Cc1ccc(S(=O)(=O)[O-])cc1. The minimum atomic E-state index is -4.27. The van der Waals surface area contributed by atoms with Crippen LogP contribution in [0.1, 0.15) is 46.2 Å². The van der Waals surface area contributed by atoms with E-state index in [9.17, 15) is 25.9 Å². The van der Waals surface area contributed by atoms with Crippen LogP contribution in [-0.2, 0) is 42.6 Å². The summed E-state index contributed by atoms with van der Waals surface area (Å²) in [6.07, 6.45) is 4.16. The average Bonchev–Trinajstić information content (AvgIpc) is 3.11. The molecule has 4 aromatic carbocycles. The minimum absolute atomic E-state index is 0.178. The van der Waals surface area contributed by atoms with E-state index in [4.69, 9.17) is 9.47 Å². The van der Waals surface area contributed by atoms with Crippen molar-refractivity contribution in [1.29, 1.82) is 0 Å². The zero-order valence-electron chi connectivity index (χ0n) is 30.3. The molecule has 2 heterocycles. The van der Waals surface area contributed by atoms with Gasteiger partial charge in [-0.1, -0.05) is 71.8 Å². The third-order valence-corrected chi connectivity index (χ3v) is 10.7. The van der Waals surface area contributed by atoms with Crippen LogP contribution in [0, 0.1) is 13.8 Å². The molecule has 0 saturated carbocycles. The van der Waals surface area contributed by atoms with Crippen LogP contribution in [0.4, 0.5) is 0 Å². The van der Waals surface area contributed by atoms with E-state index >= 15 is 0 Å². The highest BCUT2D eigenvalue weighted by molar-refractivity contribution is 7.86. The van der Waals surface area contributed by atoms with Crippen molar-refractivity contribution < 1.29 is 44.6 Å². The summed E-state index contributed by atoms with van der Waals surface area (Å²) in [6.45, 7) is 8.61. The van der Waals surface area contributed by atoms with E-state index in [2.05, 4.69) is 71.8 Å². The van der Waals surface area contributed by atoms with Gasteiger partial charge < -0.3 is 18.6 Å². The molecule has 0 saturated heterocycles. The molecule has 10 nitrogen and oxygen atoms in total. The number of benzene rings is 4. The second-order valence-corrected chi connectivity index (χ2v) is 15.6. The fourth-order valence-electron chi connectivity index (χ4n) is 6.02. The van der Waals surface area contributed by atoms with Gasteiger partial charge >= 0.3 is 0 Å². The third kappa shape index (κ3) is 12.3. The quantitative estimate of drug-likeness (QED) is 0.119. The van der Waals surface area contributed by atoms with E-state index in [1.807, 2.05) is 13.8 Å². The van der Waals surface area contributed by atoms with Crippen LogP contribution in [0.25, 0.3) is 0 Å². The third-order valence-electron chi connectivity index (χ3n) is 8.97. The van der Waals surface area contributed by atoms with Crippen LogP contribution in [0.2, 0.25) is 0 Å². The standard InChI is InChI=1S/C26H34N2O2.2C7H8O3S/c1-27-15-11-21-7-3-5-9-23(21)25(27)13-17-29-19-20-30-18-14-26-24-10-6-4-8-22(24)12-16-28(26)2;2*1-6-2-4-7(5-3-6)11(8,9)10/h3-10H,11-20H2,1-2H3;2*2-5H,1H3,(H,8,9,10)/q+2;;/p-2. The van der Waals surface area contributed by atoms with Crippen molar-refractivity contribution in [2.24, 2.45) is 0 Å². The topological polar surface area (TPSA) is 139 Å². The lowest BCUT2D eigenvalue weighted by Crippen LogP contribution is -2.28.